The number of hydrogen-bond donors (Lipinski definition) is 1. The summed E-state index contributed by atoms with van der Waals surface area (Å²) >= 11 is 9.07. The Morgan fingerprint density at radius 1 is 1.60 bits per heavy atom. The standard InChI is InChI=1S/C9H8BrClN4/c1-6(10)4-12-9-13-8-3-2-7(11)5-15(8)14-9/h2-3,5H,1,4H2,(H,12,14). The number of anilines is 1. The lowest BCUT2D eigenvalue weighted by Crippen LogP contribution is -2.02. The fourth-order valence-corrected chi connectivity index (χ4v) is 1.40. The molecule has 2 aromatic rings. The molecule has 0 amide bonds. The predicted molar refractivity (Wildman–Crippen MR) is 64.6 cm³/mol. The zero-order valence-electron chi connectivity index (χ0n) is 7.74. The van der Waals surface area contributed by atoms with Crippen LogP contribution in [0.5, 0.6) is 0 Å². The summed E-state index contributed by atoms with van der Waals surface area (Å²) < 4.78 is 2.47. The number of pyridine rings is 1. The highest BCUT2D eigenvalue weighted by Gasteiger charge is 2.02. The summed E-state index contributed by atoms with van der Waals surface area (Å²) in [4.78, 5) is 4.25. The molecule has 0 saturated carbocycles. The first-order chi connectivity index (χ1) is 7.15. The van der Waals surface area contributed by atoms with E-state index in [0.29, 0.717) is 17.5 Å². The van der Waals surface area contributed by atoms with Gasteiger partial charge >= 0.3 is 0 Å². The predicted octanol–water partition coefficient (Wildman–Crippen LogP) is 2.70. The van der Waals surface area contributed by atoms with Crippen LogP contribution in [0, 0.1) is 0 Å². The number of rotatable bonds is 3. The van der Waals surface area contributed by atoms with E-state index >= 15 is 0 Å². The number of aromatic nitrogens is 3. The minimum absolute atomic E-state index is 0.554. The zero-order chi connectivity index (χ0) is 10.8. The monoisotopic (exact) mass is 286 g/mol. The largest absolute Gasteiger partial charge is 0.348 e. The van der Waals surface area contributed by atoms with Crippen molar-refractivity contribution in [3.63, 3.8) is 0 Å². The minimum Gasteiger partial charge on any atom is -0.348 e. The lowest BCUT2D eigenvalue weighted by atomic mass is 10.5. The van der Waals surface area contributed by atoms with E-state index in [1.54, 1.807) is 16.8 Å². The lowest BCUT2D eigenvalue weighted by Gasteiger charge is -1.96. The molecule has 2 aromatic heterocycles. The fourth-order valence-electron chi connectivity index (χ4n) is 1.11. The fraction of sp³-hybridized carbons (Fsp3) is 0.111. The van der Waals surface area contributed by atoms with Gasteiger partial charge in [0.25, 0.3) is 0 Å². The first-order valence-electron chi connectivity index (χ1n) is 4.24. The quantitative estimate of drug-likeness (QED) is 0.944. The summed E-state index contributed by atoms with van der Waals surface area (Å²) in [5.74, 6) is 0.554. The van der Waals surface area contributed by atoms with E-state index in [9.17, 15) is 0 Å². The third-order valence-electron chi connectivity index (χ3n) is 1.73. The number of nitrogens with zero attached hydrogens (tertiary/aromatic N) is 3. The smallest absolute Gasteiger partial charge is 0.243 e. The van der Waals surface area contributed by atoms with Crippen LogP contribution < -0.4 is 5.32 Å². The maximum atomic E-state index is 5.82. The highest BCUT2D eigenvalue weighted by Crippen LogP contribution is 2.11. The summed E-state index contributed by atoms with van der Waals surface area (Å²) in [5, 5.41) is 7.84. The molecular formula is C9H8BrClN4. The van der Waals surface area contributed by atoms with Crippen molar-refractivity contribution in [1.29, 1.82) is 0 Å². The molecule has 0 fully saturated rings. The van der Waals surface area contributed by atoms with Crippen LogP contribution >= 0.6 is 27.5 Å². The van der Waals surface area contributed by atoms with E-state index < -0.39 is 0 Å². The highest BCUT2D eigenvalue weighted by atomic mass is 79.9. The van der Waals surface area contributed by atoms with Crippen LogP contribution in [0.1, 0.15) is 0 Å². The second kappa shape index (κ2) is 4.20. The molecule has 0 aliphatic heterocycles. The summed E-state index contributed by atoms with van der Waals surface area (Å²) in [7, 11) is 0. The molecule has 2 rings (SSSR count). The third kappa shape index (κ3) is 2.49. The number of fused-ring (bicyclic) bond motifs is 1. The molecule has 1 N–H and O–H groups in total. The van der Waals surface area contributed by atoms with E-state index in [2.05, 4.69) is 37.9 Å². The molecular weight excluding hydrogens is 279 g/mol. The van der Waals surface area contributed by atoms with Gasteiger partial charge in [-0.3, -0.25) is 0 Å². The Hall–Kier alpha value is -1.07. The summed E-state index contributed by atoms with van der Waals surface area (Å²) in [6, 6.07) is 3.59. The van der Waals surface area contributed by atoms with Gasteiger partial charge in [0.2, 0.25) is 5.95 Å². The van der Waals surface area contributed by atoms with Crippen LogP contribution in [-0.2, 0) is 0 Å². The van der Waals surface area contributed by atoms with Crippen molar-refractivity contribution in [3.05, 3.63) is 34.4 Å². The normalized spacial score (nSPS) is 10.5. The van der Waals surface area contributed by atoms with Gasteiger partial charge in [0.15, 0.2) is 5.65 Å². The van der Waals surface area contributed by atoms with Crippen molar-refractivity contribution in [3.8, 4) is 0 Å². The molecule has 4 nitrogen and oxygen atoms in total. The second-order valence-electron chi connectivity index (χ2n) is 2.96. The Bertz CT molecular complexity index is 508. The Morgan fingerprint density at radius 2 is 2.40 bits per heavy atom. The zero-order valence-corrected chi connectivity index (χ0v) is 10.1. The maximum absolute atomic E-state index is 5.82. The van der Waals surface area contributed by atoms with E-state index in [0.717, 1.165) is 10.1 Å². The Morgan fingerprint density at radius 3 is 3.13 bits per heavy atom. The Balaban J connectivity index is 2.27. The van der Waals surface area contributed by atoms with Crippen molar-refractivity contribution >= 4 is 39.1 Å². The molecule has 0 spiro atoms. The first kappa shape index (κ1) is 10.4. The molecule has 0 radical (unpaired) electrons. The van der Waals surface area contributed by atoms with Crippen molar-refractivity contribution < 1.29 is 0 Å². The molecule has 0 bridgehead atoms. The molecule has 0 unspecified atom stereocenters. The summed E-state index contributed by atoms with van der Waals surface area (Å²) in [5.41, 5.74) is 0.752. The third-order valence-corrected chi connectivity index (χ3v) is 2.24. The van der Waals surface area contributed by atoms with E-state index in [-0.39, 0.29) is 0 Å². The Kier molecular flexibility index (Phi) is 2.93. The first-order valence-corrected chi connectivity index (χ1v) is 5.41. The molecule has 2 heterocycles. The molecule has 6 heteroatoms. The average Bonchev–Trinajstić information content (AvgIpc) is 2.56. The van der Waals surface area contributed by atoms with Gasteiger partial charge in [0, 0.05) is 17.2 Å². The van der Waals surface area contributed by atoms with Crippen molar-refractivity contribution in [2.45, 2.75) is 0 Å². The maximum Gasteiger partial charge on any atom is 0.243 e. The van der Waals surface area contributed by atoms with Gasteiger partial charge in [0.05, 0.1) is 5.02 Å². The Labute approximate surface area is 100 Å². The molecule has 0 aliphatic rings. The van der Waals surface area contributed by atoms with Gasteiger partial charge in [-0.25, -0.2) is 4.52 Å². The van der Waals surface area contributed by atoms with Crippen molar-refractivity contribution in [1.82, 2.24) is 14.6 Å². The number of hydrogen-bond acceptors (Lipinski definition) is 3. The van der Waals surface area contributed by atoms with Gasteiger partial charge in [-0.05, 0) is 12.1 Å². The van der Waals surface area contributed by atoms with Crippen LogP contribution in [0.4, 0.5) is 5.95 Å². The average molecular weight is 288 g/mol. The summed E-state index contributed by atoms with van der Waals surface area (Å²) in [6.45, 7) is 4.30. The van der Waals surface area contributed by atoms with Gasteiger partial charge in [0.1, 0.15) is 0 Å². The highest BCUT2D eigenvalue weighted by molar-refractivity contribution is 9.11. The molecule has 78 valence electrons. The van der Waals surface area contributed by atoms with Gasteiger partial charge < -0.3 is 5.32 Å². The van der Waals surface area contributed by atoms with E-state index in [1.807, 2.05) is 6.07 Å². The number of halogens is 2. The lowest BCUT2D eigenvalue weighted by molar-refractivity contribution is 0.959. The van der Waals surface area contributed by atoms with Gasteiger partial charge in [-0.1, -0.05) is 34.1 Å². The SMILES string of the molecule is C=C(Br)CNc1nc2ccc(Cl)cn2n1. The van der Waals surface area contributed by atoms with Crippen LogP contribution in [0.15, 0.2) is 29.4 Å². The molecule has 0 atom stereocenters. The van der Waals surface area contributed by atoms with Crippen LogP contribution in [0.2, 0.25) is 5.02 Å². The molecule has 0 saturated heterocycles. The number of nitrogens with one attached hydrogen (secondary N) is 1. The van der Waals surface area contributed by atoms with E-state index in [4.69, 9.17) is 11.6 Å². The minimum atomic E-state index is 0.554. The van der Waals surface area contributed by atoms with Crippen LogP contribution in [-0.4, -0.2) is 21.1 Å². The van der Waals surface area contributed by atoms with Crippen molar-refractivity contribution in [2.24, 2.45) is 0 Å². The van der Waals surface area contributed by atoms with Crippen molar-refractivity contribution in [2.75, 3.05) is 11.9 Å². The molecule has 0 aromatic carbocycles. The summed E-state index contributed by atoms with van der Waals surface area (Å²) in [6.07, 6.45) is 1.71. The van der Waals surface area contributed by atoms with Gasteiger partial charge in [-0.2, -0.15) is 4.98 Å². The molecule has 0 aliphatic carbocycles. The second-order valence-corrected chi connectivity index (χ2v) is 4.51. The van der Waals surface area contributed by atoms with Crippen LogP contribution in [0.3, 0.4) is 0 Å². The van der Waals surface area contributed by atoms with E-state index in [1.165, 1.54) is 0 Å². The van der Waals surface area contributed by atoms with Crippen LogP contribution in [0.25, 0.3) is 5.65 Å². The van der Waals surface area contributed by atoms with Gasteiger partial charge in [-0.15, -0.1) is 5.10 Å². The molecule has 15 heavy (non-hydrogen) atoms. The topological polar surface area (TPSA) is 42.2 Å².